The van der Waals surface area contributed by atoms with E-state index < -0.39 is 0 Å². The molecule has 1 aliphatic carbocycles. The molecule has 2 aliphatic rings. The minimum Gasteiger partial charge on any atom is -0.495 e. The third-order valence-corrected chi connectivity index (χ3v) is 7.07. The SMILES string of the molecule is COc1ccccc1Nc1c(C#N)cnc2c(Cl)cc(NC(C3=CN(C4CC4)NN3)c3ccc(F)cc3)cc12. The van der Waals surface area contributed by atoms with Gasteiger partial charge in [-0.3, -0.25) is 9.99 Å². The van der Waals surface area contributed by atoms with Crippen molar-refractivity contribution in [1.82, 2.24) is 21.0 Å². The number of benzene rings is 3. The molecule has 4 N–H and O–H groups in total. The van der Waals surface area contributed by atoms with E-state index in [9.17, 15) is 9.65 Å². The van der Waals surface area contributed by atoms with E-state index in [0.717, 1.165) is 24.1 Å². The van der Waals surface area contributed by atoms with Gasteiger partial charge >= 0.3 is 0 Å². The van der Waals surface area contributed by atoms with Crippen LogP contribution in [0.25, 0.3) is 10.9 Å². The predicted molar refractivity (Wildman–Crippen MR) is 150 cm³/mol. The van der Waals surface area contributed by atoms with Gasteiger partial charge in [-0.15, -0.1) is 5.53 Å². The lowest BCUT2D eigenvalue weighted by atomic mass is 10.0. The van der Waals surface area contributed by atoms with E-state index in [2.05, 4.69) is 37.7 Å². The Morgan fingerprint density at radius 1 is 1.18 bits per heavy atom. The highest BCUT2D eigenvalue weighted by atomic mass is 35.5. The number of aromatic nitrogens is 1. The first-order valence-corrected chi connectivity index (χ1v) is 12.9. The lowest BCUT2D eigenvalue weighted by molar-refractivity contribution is 0.260. The molecule has 4 aromatic rings. The molecule has 0 radical (unpaired) electrons. The Kier molecular flexibility index (Phi) is 6.57. The van der Waals surface area contributed by atoms with E-state index in [1.54, 1.807) is 25.3 Å². The second-order valence-electron chi connectivity index (χ2n) is 9.43. The van der Waals surface area contributed by atoms with E-state index in [1.165, 1.54) is 18.3 Å². The van der Waals surface area contributed by atoms with Crippen LogP contribution in [0.4, 0.5) is 21.5 Å². The Hall–Kier alpha value is -4.52. The molecule has 8 nitrogen and oxygen atoms in total. The maximum atomic E-state index is 13.8. The van der Waals surface area contributed by atoms with Gasteiger partial charge in [0.25, 0.3) is 0 Å². The van der Waals surface area contributed by atoms with Crippen LogP contribution in [-0.2, 0) is 0 Å². The van der Waals surface area contributed by atoms with Crippen LogP contribution in [0.3, 0.4) is 0 Å². The summed E-state index contributed by atoms with van der Waals surface area (Å²) in [6, 6.07) is 19.9. The summed E-state index contributed by atoms with van der Waals surface area (Å²) in [7, 11) is 1.59. The van der Waals surface area contributed by atoms with Crippen molar-refractivity contribution in [1.29, 1.82) is 5.26 Å². The highest BCUT2D eigenvalue weighted by Crippen LogP contribution is 2.38. The number of pyridine rings is 1. The van der Waals surface area contributed by atoms with Crippen LogP contribution in [0, 0.1) is 17.1 Å². The highest BCUT2D eigenvalue weighted by Gasteiger charge is 2.32. The number of ether oxygens (including phenoxy) is 1. The molecule has 1 unspecified atom stereocenters. The van der Waals surface area contributed by atoms with Crippen LogP contribution in [0.2, 0.25) is 5.02 Å². The van der Waals surface area contributed by atoms with Crippen molar-refractivity contribution in [2.75, 3.05) is 17.7 Å². The van der Waals surface area contributed by atoms with Crippen molar-refractivity contribution in [3.8, 4) is 11.8 Å². The number of nitrogens with zero attached hydrogens (tertiary/aromatic N) is 3. The Bertz CT molecular complexity index is 1620. The molecular weight excluding hydrogens is 517 g/mol. The largest absolute Gasteiger partial charge is 0.495 e. The van der Waals surface area contributed by atoms with Gasteiger partial charge in [0.15, 0.2) is 0 Å². The molecule has 0 bridgehead atoms. The fraction of sp³-hybridized carbons (Fsp3) is 0.172. The van der Waals surface area contributed by atoms with Crippen molar-refractivity contribution in [3.05, 3.63) is 101 Å². The molecule has 6 rings (SSSR count). The summed E-state index contributed by atoms with van der Waals surface area (Å²) in [4.78, 5) is 4.46. The van der Waals surface area contributed by atoms with E-state index in [0.29, 0.717) is 50.3 Å². The number of nitrogens with one attached hydrogen (secondary N) is 4. The van der Waals surface area contributed by atoms with E-state index >= 15 is 0 Å². The summed E-state index contributed by atoms with van der Waals surface area (Å²) in [6.45, 7) is 0. The maximum Gasteiger partial charge on any atom is 0.142 e. The zero-order valence-corrected chi connectivity index (χ0v) is 21.8. The molecule has 0 amide bonds. The first-order valence-electron chi connectivity index (χ1n) is 12.5. The molecule has 2 heterocycles. The third-order valence-electron chi connectivity index (χ3n) is 6.79. The number of nitriles is 1. The number of methoxy groups -OCH3 is 1. The number of hydrogen-bond donors (Lipinski definition) is 4. The van der Waals surface area contributed by atoms with Gasteiger partial charge in [0.2, 0.25) is 0 Å². The summed E-state index contributed by atoms with van der Waals surface area (Å²) in [5.41, 5.74) is 11.1. The Balaban J connectivity index is 1.43. The first-order chi connectivity index (χ1) is 19.0. The highest BCUT2D eigenvalue weighted by molar-refractivity contribution is 6.36. The quantitative estimate of drug-likeness (QED) is 0.211. The Labute approximate surface area is 230 Å². The normalized spacial score (nSPS) is 15.3. The van der Waals surface area contributed by atoms with Gasteiger partial charge in [0.1, 0.15) is 17.6 Å². The fourth-order valence-electron chi connectivity index (χ4n) is 4.65. The lowest BCUT2D eigenvalue weighted by Gasteiger charge is -2.22. The number of hydrogen-bond acceptors (Lipinski definition) is 8. The van der Waals surface area contributed by atoms with Crippen molar-refractivity contribution >= 4 is 39.6 Å². The Morgan fingerprint density at radius 2 is 1.97 bits per heavy atom. The van der Waals surface area contributed by atoms with Crippen molar-refractivity contribution < 1.29 is 9.13 Å². The minimum atomic E-state index is -0.340. The molecule has 10 heteroatoms. The minimum absolute atomic E-state index is 0.306. The molecule has 1 saturated carbocycles. The molecule has 3 aromatic carbocycles. The van der Waals surface area contributed by atoms with Crippen LogP contribution in [0.1, 0.15) is 30.0 Å². The number of hydrazine groups is 2. The molecular formula is C29H25ClFN7O. The summed E-state index contributed by atoms with van der Waals surface area (Å²) in [6.07, 6.45) is 5.80. The number of anilines is 3. The first kappa shape index (κ1) is 24.8. The number of halogens is 2. The molecule has 196 valence electrons. The molecule has 1 atom stereocenters. The zero-order valence-electron chi connectivity index (χ0n) is 21.0. The average Bonchev–Trinajstić information content (AvgIpc) is 3.69. The smallest absolute Gasteiger partial charge is 0.142 e. The van der Waals surface area contributed by atoms with Crippen LogP contribution < -0.4 is 26.3 Å². The number of para-hydroxylation sites is 2. The number of rotatable bonds is 8. The summed E-state index contributed by atoms with van der Waals surface area (Å²) in [5.74, 6) is 0.328. The molecule has 0 saturated heterocycles. The van der Waals surface area contributed by atoms with Crippen LogP contribution in [0.15, 0.2) is 78.8 Å². The van der Waals surface area contributed by atoms with Gasteiger partial charge in [-0.25, -0.2) is 4.39 Å². The molecule has 1 aliphatic heterocycles. The van der Waals surface area contributed by atoms with Gasteiger partial charge in [0, 0.05) is 29.5 Å². The van der Waals surface area contributed by atoms with Gasteiger partial charge in [-0.1, -0.05) is 35.9 Å². The maximum absolute atomic E-state index is 13.8. The standard InChI is InChI=1S/C29H25ClFN7O/c1-39-26-5-3-2-4-24(26)35-27-18(14-32)15-33-29-22(27)12-20(13-23(29)30)34-28(17-6-8-19(31)9-7-17)25-16-38(37-36-25)21-10-11-21/h2-9,12-13,15-16,21,28,34,36-37H,10-11H2,1H3,(H,33,35). The Morgan fingerprint density at radius 3 is 2.72 bits per heavy atom. The number of fused-ring (bicyclic) bond motifs is 1. The second kappa shape index (κ2) is 10.3. The van der Waals surface area contributed by atoms with Crippen LogP contribution in [-0.4, -0.2) is 23.1 Å². The molecule has 1 fully saturated rings. The topological polar surface area (TPSA) is 97.3 Å². The van der Waals surface area contributed by atoms with E-state index in [1.807, 2.05) is 36.5 Å². The van der Waals surface area contributed by atoms with E-state index in [4.69, 9.17) is 16.3 Å². The lowest BCUT2D eigenvalue weighted by Crippen LogP contribution is -2.38. The van der Waals surface area contributed by atoms with Crippen LogP contribution >= 0.6 is 11.6 Å². The van der Waals surface area contributed by atoms with Gasteiger partial charge < -0.3 is 20.8 Å². The van der Waals surface area contributed by atoms with Crippen molar-refractivity contribution in [3.63, 3.8) is 0 Å². The van der Waals surface area contributed by atoms with Crippen molar-refractivity contribution in [2.45, 2.75) is 24.9 Å². The fourth-order valence-corrected chi connectivity index (χ4v) is 4.92. The summed E-state index contributed by atoms with van der Waals surface area (Å²) < 4.78 is 19.3. The zero-order chi connectivity index (χ0) is 26.9. The van der Waals surface area contributed by atoms with Crippen LogP contribution in [0.5, 0.6) is 5.75 Å². The van der Waals surface area contributed by atoms with Gasteiger partial charge in [0.05, 0.1) is 46.3 Å². The second-order valence-corrected chi connectivity index (χ2v) is 9.83. The molecule has 1 aromatic heterocycles. The average molecular weight is 542 g/mol. The molecule has 39 heavy (non-hydrogen) atoms. The van der Waals surface area contributed by atoms with E-state index in [-0.39, 0.29) is 11.9 Å². The summed E-state index contributed by atoms with van der Waals surface area (Å²) in [5, 5.41) is 19.9. The molecule has 0 spiro atoms. The van der Waals surface area contributed by atoms with Gasteiger partial charge in [-0.05, 0) is 54.8 Å². The van der Waals surface area contributed by atoms with Gasteiger partial charge in [-0.2, -0.15) is 5.26 Å². The third kappa shape index (κ3) is 5.00. The predicted octanol–water partition coefficient (Wildman–Crippen LogP) is 6.13. The van der Waals surface area contributed by atoms with Crippen molar-refractivity contribution in [2.24, 2.45) is 0 Å². The monoisotopic (exact) mass is 541 g/mol. The summed E-state index contributed by atoms with van der Waals surface area (Å²) >= 11 is 6.74.